The topological polar surface area (TPSA) is 121 Å². The quantitative estimate of drug-likeness (QED) is 0.0428. The van der Waals surface area contributed by atoms with Crippen LogP contribution >= 0.6 is 0 Å². The maximum absolute atomic E-state index is 10.3. The van der Waals surface area contributed by atoms with Gasteiger partial charge < -0.3 is 30.6 Å². The fourth-order valence-corrected chi connectivity index (χ4v) is 5.79. The minimum atomic E-state index is -0.186. The Morgan fingerprint density at radius 1 is 0.220 bits per heavy atom. The van der Waals surface area contributed by atoms with Crippen LogP contribution in [0.3, 0.4) is 0 Å². The third kappa shape index (κ3) is 32.5. The second kappa shape index (κ2) is 32.7. The van der Waals surface area contributed by atoms with E-state index in [1.807, 2.05) is 0 Å². The lowest BCUT2D eigenvalue weighted by Crippen LogP contribution is -2.08. The Bertz CT molecular complexity index is 491. The molecule has 6 nitrogen and oxygen atoms in total. The van der Waals surface area contributed by atoms with Crippen molar-refractivity contribution in [2.45, 2.75) is 211 Å². The number of rotatable bonds is 34. The number of aliphatic hydroxyl groups excluding tert-OH is 6. The van der Waals surface area contributed by atoms with Gasteiger partial charge >= 0.3 is 0 Å². The number of hydrogen-bond acceptors (Lipinski definition) is 6. The van der Waals surface area contributed by atoms with E-state index in [0.717, 1.165) is 186 Å². The number of aliphatic hydroxyl groups is 6. The summed E-state index contributed by atoms with van der Waals surface area (Å²) in [5, 5.41) is 58.2. The molecule has 248 valence electrons. The minimum Gasteiger partial charge on any atom is -0.396 e. The normalized spacial score (nSPS) is 14.8. The summed E-state index contributed by atoms with van der Waals surface area (Å²) in [6, 6.07) is 0. The van der Waals surface area contributed by atoms with Gasteiger partial charge in [0.05, 0.1) is 24.4 Å². The van der Waals surface area contributed by atoms with Crippen LogP contribution in [-0.4, -0.2) is 68.3 Å². The molecule has 6 N–H and O–H groups in total. The molecule has 0 spiro atoms. The van der Waals surface area contributed by atoms with E-state index in [4.69, 9.17) is 10.2 Å². The predicted octanol–water partition coefficient (Wildman–Crippen LogP) is 7.73. The number of unbranched alkanes of at least 4 members (excludes halogenated alkanes) is 16. The molecule has 0 radical (unpaired) electrons. The SMILES string of the molecule is OCCCCCCCC(O)CCCCCCC(O)CCCCCCC(O)CCCCCCC(O)CCCCCCO. The molecule has 0 aliphatic carbocycles. The summed E-state index contributed by atoms with van der Waals surface area (Å²) in [6.45, 7) is 0.560. The molecular weight excluding hydrogens is 516 g/mol. The molecule has 6 heteroatoms. The van der Waals surface area contributed by atoms with Crippen LogP contribution in [0, 0.1) is 0 Å². The third-order valence-electron chi connectivity index (χ3n) is 8.62. The first-order valence-corrected chi connectivity index (χ1v) is 17.9. The van der Waals surface area contributed by atoms with Gasteiger partial charge in [0.25, 0.3) is 0 Å². The molecule has 0 heterocycles. The third-order valence-corrected chi connectivity index (χ3v) is 8.62. The highest BCUT2D eigenvalue weighted by Gasteiger charge is 2.08. The maximum Gasteiger partial charge on any atom is 0.0540 e. The molecule has 0 rings (SSSR count). The van der Waals surface area contributed by atoms with Gasteiger partial charge in [0.1, 0.15) is 0 Å². The molecule has 0 aliphatic rings. The van der Waals surface area contributed by atoms with Gasteiger partial charge in [-0.1, -0.05) is 122 Å². The Hall–Kier alpha value is -0.240. The van der Waals surface area contributed by atoms with Crippen LogP contribution in [0.5, 0.6) is 0 Å². The van der Waals surface area contributed by atoms with Gasteiger partial charge in [-0.3, -0.25) is 0 Å². The lowest BCUT2D eigenvalue weighted by atomic mass is 9.99. The second-order valence-corrected chi connectivity index (χ2v) is 12.8. The van der Waals surface area contributed by atoms with E-state index in [1.54, 1.807) is 0 Å². The maximum atomic E-state index is 10.3. The largest absolute Gasteiger partial charge is 0.396 e. The Morgan fingerprint density at radius 3 is 0.537 bits per heavy atom. The molecule has 0 aromatic rings. The van der Waals surface area contributed by atoms with E-state index in [0.29, 0.717) is 0 Å². The van der Waals surface area contributed by atoms with E-state index >= 15 is 0 Å². The highest BCUT2D eigenvalue weighted by Crippen LogP contribution is 2.18. The van der Waals surface area contributed by atoms with Crippen LogP contribution in [0.25, 0.3) is 0 Å². The van der Waals surface area contributed by atoms with Crippen molar-refractivity contribution in [3.05, 3.63) is 0 Å². The van der Waals surface area contributed by atoms with Gasteiger partial charge in [-0.2, -0.15) is 0 Å². The Morgan fingerprint density at radius 2 is 0.366 bits per heavy atom. The lowest BCUT2D eigenvalue weighted by molar-refractivity contribution is 0.139. The van der Waals surface area contributed by atoms with Crippen molar-refractivity contribution in [3.63, 3.8) is 0 Å². The van der Waals surface area contributed by atoms with Crippen LogP contribution in [0.2, 0.25) is 0 Å². The predicted molar refractivity (Wildman–Crippen MR) is 172 cm³/mol. The standard InChI is InChI=1S/C35H72O6/c36-30-20-10-1-2-12-22-32(38)23-13-3-4-14-24-33(39)25-15-5-6-16-26-34(40)27-17-7-8-18-28-35(41)29-19-9-11-21-31-37/h32-41H,1-31H2. The van der Waals surface area contributed by atoms with Crippen LogP contribution in [0.1, 0.15) is 186 Å². The van der Waals surface area contributed by atoms with Crippen LogP contribution in [0.4, 0.5) is 0 Å². The first kappa shape index (κ1) is 40.8. The van der Waals surface area contributed by atoms with Crippen LogP contribution in [0.15, 0.2) is 0 Å². The minimum absolute atomic E-state index is 0.167. The fourth-order valence-electron chi connectivity index (χ4n) is 5.79. The lowest BCUT2D eigenvalue weighted by Gasteiger charge is -2.13. The first-order valence-electron chi connectivity index (χ1n) is 17.9. The van der Waals surface area contributed by atoms with E-state index in [-0.39, 0.29) is 37.6 Å². The summed E-state index contributed by atoms with van der Waals surface area (Å²) < 4.78 is 0. The summed E-state index contributed by atoms with van der Waals surface area (Å²) in [6.07, 6.45) is 29.1. The highest BCUT2D eigenvalue weighted by atomic mass is 16.3. The van der Waals surface area contributed by atoms with Crippen LogP contribution in [-0.2, 0) is 0 Å². The molecular formula is C35H72O6. The molecule has 4 atom stereocenters. The molecule has 0 aromatic carbocycles. The average molecular weight is 589 g/mol. The summed E-state index contributed by atoms with van der Waals surface area (Å²) in [7, 11) is 0. The first-order chi connectivity index (χ1) is 20.0. The van der Waals surface area contributed by atoms with Gasteiger partial charge in [0, 0.05) is 13.2 Å². The average Bonchev–Trinajstić information content (AvgIpc) is 2.96. The van der Waals surface area contributed by atoms with E-state index in [1.165, 1.54) is 0 Å². The van der Waals surface area contributed by atoms with E-state index in [9.17, 15) is 20.4 Å². The number of hydrogen-bond donors (Lipinski definition) is 6. The smallest absolute Gasteiger partial charge is 0.0540 e. The van der Waals surface area contributed by atoms with Gasteiger partial charge in [0.2, 0.25) is 0 Å². The summed E-state index contributed by atoms with van der Waals surface area (Å²) in [5.41, 5.74) is 0. The monoisotopic (exact) mass is 589 g/mol. The van der Waals surface area contributed by atoms with Gasteiger partial charge in [-0.15, -0.1) is 0 Å². The zero-order valence-corrected chi connectivity index (χ0v) is 26.9. The molecule has 41 heavy (non-hydrogen) atoms. The molecule has 0 aromatic heterocycles. The summed E-state index contributed by atoms with van der Waals surface area (Å²) in [4.78, 5) is 0. The fraction of sp³-hybridized carbons (Fsp3) is 1.00. The van der Waals surface area contributed by atoms with Crippen molar-refractivity contribution in [2.24, 2.45) is 0 Å². The van der Waals surface area contributed by atoms with E-state index in [2.05, 4.69) is 0 Å². The van der Waals surface area contributed by atoms with Gasteiger partial charge in [0.15, 0.2) is 0 Å². The summed E-state index contributed by atoms with van der Waals surface area (Å²) >= 11 is 0. The van der Waals surface area contributed by atoms with Crippen molar-refractivity contribution in [3.8, 4) is 0 Å². The van der Waals surface area contributed by atoms with Crippen molar-refractivity contribution in [1.82, 2.24) is 0 Å². The molecule has 0 fully saturated rings. The highest BCUT2D eigenvalue weighted by molar-refractivity contribution is 4.62. The molecule has 0 saturated carbocycles. The zero-order chi connectivity index (χ0) is 30.2. The van der Waals surface area contributed by atoms with Crippen LogP contribution < -0.4 is 0 Å². The van der Waals surface area contributed by atoms with Crippen molar-refractivity contribution < 1.29 is 30.6 Å². The van der Waals surface area contributed by atoms with Crippen molar-refractivity contribution in [2.75, 3.05) is 13.2 Å². The molecule has 0 amide bonds. The van der Waals surface area contributed by atoms with Crippen molar-refractivity contribution in [1.29, 1.82) is 0 Å². The zero-order valence-electron chi connectivity index (χ0n) is 26.9. The summed E-state index contributed by atoms with van der Waals surface area (Å²) in [5.74, 6) is 0. The molecule has 4 unspecified atom stereocenters. The molecule has 0 bridgehead atoms. The second-order valence-electron chi connectivity index (χ2n) is 12.8. The van der Waals surface area contributed by atoms with Gasteiger partial charge in [-0.05, 0) is 64.2 Å². The van der Waals surface area contributed by atoms with E-state index < -0.39 is 0 Å². The molecule has 0 aliphatic heterocycles. The Labute approximate surface area is 254 Å². The Balaban J connectivity index is 3.38. The Kier molecular flexibility index (Phi) is 32.5. The van der Waals surface area contributed by atoms with Crippen molar-refractivity contribution >= 4 is 0 Å². The molecule has 0 saturated heterocycles. The van der Waals surface area contributed by atoms with Gasteiger partial charge in [-0.25, -0.2) is 0 Å².